The molecule has 0 spiro atoms. The van der Waals surface area contributed by atoms with E-state index in [-0.39, 0.29) is 12.0 Å². The van der Waals surface area contributed by atoms with Gasteiger partial charge in [0.05, 0.1) is 30.6 Å². The highest BCUT2D eigenvalue weighted by molar-refractivity contribution is 5.75. The first-order chi connectivity index (χ1) is 14.2. The number of ether oxygens (including phenoxy) is 1. The first kappa shape index (κ1) is 19.8. The van der Waals surface area contributed by atoms with Gasteiger partial charge in [-0.3, -0.25) is 14.4 Å². The number of hydrogen-bond donors (Lipinski definition) is 2. The number of nitrogens with zero attached hydrogens (tertiary/aromatic N) is 5. The minimum atomic E-state index is 0.0475. The molecule has 4 rings (SSSR count). The Hall–Kier alpha value is -2.52. The van der Waals surface area contributed by atoms with E-state index in [0.717, 1.165) is 63.4 Å². The number of nitrogens with one attached hydrogen (secondary N) is 2. The lowest BCUT2D eigenvalue weighted by Gasteiger charge is -2.27. The molecule has 29 heavy (non-hydrogen) atoms. The van der Waals surface area contributed by atoms with Gasteiger partial charge in [0.1, 0.15) is 0 Å². The van der Waals surface area contributed by atoms with Crippen LogP contribution in [0, 0.1) is 0 Å². The molecule has 0 saturated carbocycles. The number of carbonyl (C=O) groups excluding carboxylic acids is 1. The van der Waals surface area contributed by atoms with Crippen molar-refractivity contribution in [3.05, 3.63) is 35.4 Å². The molecule has 2 N–H and O–H groups in total. The van der Waals surface area contributed by atoms with E-state index in [1.165, 1.54) is 5.69 Å². The first-order valence-electron chi connectivity index (χ1n) is 10.4. The quantitative estimate of drug-likeness (QED) is 0.691. The van der Waals surface area contributed by atoms with Gasteiger partial charge >= 0.3 is 0 Å². The van der Waals surface area contributed by atoms with E-state index < -0.39 is 0 Å². The van der Waals surface area contributed by atoms with Crippen molar-refractivity contribution in [3.8, 4) is 0 Å². The molecule has 9 heteroatoms. The number of anilines is 1. The van der Waals surface area contributed by atoms with Crippen molar-refractivity contribution < 1.29 is 9.53 Å². The molecule has 2 aliphatic rings. The molecule has 0 bridgehead atoms. The van der Waals surface area contributed by atoms with E-state index in [1.807, 2.05) is 24.0 Å². The molecule has 0 radical (unpaired) electrons. The van der Waals surface area contributed by atoms with Crippen LogP contribution < -0.4 is 10.6 Å². The standard InChI is InChI=1S/C20H29N7O2/c1-2-19(28)21-11-16-8-17-14-26(5-6-27(17)25-16)13-15-9-22-20(23-10-15)24-12-18-4-3-7-29-18/h8-10,18H,2-7,11-14H2,1H3,(H,21,28)(H,22,23,24). The third-order valence-corrected chi connectivity index (χ3v) is 5.34. The second-order valence-electron chi connectivity index (χ2n) is 7.62. The molecule has 4 heterocycles. The summed E-state index contributed by atoms with van der Waals surface area (Å²) in [6.45, 7) is 7.36. The lowest BCUT2D eigenvalue weighted by molar-refractivity contribution is -0.120. The van der Waals surface area contributed by atoms with Gasteiger partial charge in [0.25, 0.3) is 0 Å². The van der Waals surface area contributed by atoms with Crippen LogP contribution in [-0.4, -0.2) is 56.4 Å². The minimum absolute atomic E-state index is 0.0475. The van der Waals surface area contributed by atoms with Gasteiger partial charge in [-0.05, 0) is 18.9 Å². The number of fused-ring (bicyclic) bond motifs is 1. The molecule has 1 atom stereocenters. The summed E-state index contributed by atoms with van der Waals surface area (Å²) in [5.74, 6) is 0.700. The zero-order valence-electron chi connectivity index (χ0n) is 16.9. The van der Waals surface area contributed by atoms with Crippen LogP contribution in [0.15, 0.2) is 18.5 Å². The van der Waals surface area contributed by atoms with Crippen molar-refractivity contribution in [3.63, 3.8) is 0 Å². The Morgan fingerprint density at radius 2 is 2.17 bits per heavy atom. The molecular formula is C20H29N7O2. The molecule has 1 amide bonds. The lowest BCUT2D eigenvalue weighted by Crippen LogP contribution is -2.33. The SMILES string of the molecule is CCC(=O)NCc1cc2n(n1)CCN(Cc1cnc(NCC3CCCO3)nc1)C2. The van der Waals surface area contributed by atoms with Gasteiger partial charge in [-0.1, -0.05) is 6.92 Å². The van der Waals surface area contributed by atoms with Gasteiger partial charge in [-0.25, -0.2) is 9.97 Å². The smallest absolute Gasteiger partial charge is 0.222 e. The molecule has 1 fully saturated rings. The lowest BCUT2D eigenvalue weighted by atomic mass is 10.2. The highest BCUT2D eigenvalue weighted by atomic mass is 16.5. The molecule has 9 nitrogen and oxygen atoms in total. The van der Waals surface area contributed by atoms with Crippen LogP contribution in [-0.2, 0) is 35.7 Å². The number of hydrogen-bond acceptors (Lipinski definition) is 7. The summed E-state index contributed by atoms with van der Waals surface area (Å²) in [5.41, 5.74) is 3.18. The van der Waals surface area contributed by atoms with Crippen molar-refractivity contribution in [2.75, 3.05) is 25.0 Å². The Morgan fingerprint density at radius 3 is 2.93 bits per heavy atom. The van der Waals surface area contributed by atoms with Gasteiger partial charge in [0.15, 0.2) is 0 Å². The van der Waals surface area contributed by atoms with Gasteiger partial charge in [-0.2, -0.15) is 5.10 Å². The van der Waals surface area contributed by atoms with Crippen LogP contribution in [0.5, 0.6) is 0 Å². The fourth-order valence-electron chi connectivity index (χ4n) is 3.71. The van der Waals surface area contributed by atoms with Crippen LogP contribution >= 0.6 is 0 Å². The average Bonchev–Trinajstić information content (AvgIpc) is 3.40. The summed E-state index contributed by atoms with van der Waals surface area (Å²) in [4.78, 5) is 22.7. The van der Waals surface area contributed by atoms with Crippen LogP contribution in [0.2, 0.25) is 0 Å². The second kappa shape index (κ2) is 9.32. The van der Waals surface area contributed by atoms with Gasteiger partial charge in [0, 0.05) is 57.2 Å². The fourth-order valence-corrected chi connectivity index (χ4v) is 3.71. The van der Waals surface area contributed by atoms with Crippen molar-refractivity contribution in [2.45, 2.75) is 58.5 Å². The zero-order valence-corrected chi connectivity index (χ0v) is 16.9. The van der Waals surface area contributed by atoms with Crippen molar-refractivity contribution >= 4 is 11.9 Å². The van der Waals surface area contributed by atoms with E-state index in [1.54, 1.807) is 0 Å². The average molecular weight is 399 g/mol. The van der Waals surface area contributed by atoms with Crippen molar-refractivity contribution in [2.24, 2.45) is 0 Å². The fraction of sp³-hybridized carbons (Fsp3) is 0.600. The van der Waals surface area contributed by atoms with E-state index >= 15 is 0 Å². The summed E-state index contributed by atoms with van der Waals surface area (Å²) >= 11 is 0. The number of aromatic nitrogens is 4. The Bertz CT molecular complexity index is 815. The van der Waals surface area contributed by atoms with Crippen LogP contribution in [0.25, 0.3) is 0 Å². The number of carbonyl (C=O) groups is 1. The Balaban J connectivity index is 1.27. The maximum atomic E-state index is 11.4. The Kier molecular flexibility index (Phi) is 6.36. The normalized spacial score (nSPS) is 19.1. The van der Waals surface area contributed by atoms with Gasteiger partial charge in [-0.15, -0.1) is 0 Å². The van der Waals surface area contributed by atoms with E-state index in [0.29, 0.717) is 18.9 Å². The maximum Gasteiger partial charge on any atom is 0.222 e. The van der Waals surface area contributed by atoms with Crippen molar-refractivity contribution in [1.29, 1.82) is 0 Å². The largest absolute Gasteiger partial charge is 0.376 e. The van der Waals surface area contributed by atoms with E-state index in [4.69, 9.17) is 4.74 Å². The highest BCUT2D eigenvalue weighted by Gasteiger charge is 2.19. The van der Waals surface area contributed by atoms with E-state index in [2.05, 4.69) is 36.7 Å². The monoisotopic (exact) mass is 399 g/mol. The van der Waals surface area contributed by atoms with E-state index in [9.17, 15) is 4.79 Å². The maximum absolute atomic E-state index is 11.4. The topological polar surface area (TPSA) is 97.2 Å². The zero-order chi connectivity index (χ0) is 20.1. The number of amides is 1. The third kappa shape index (κ3) is 5.30. The van der Waals surface area contributed by atoms with Crippen LogP contribution in [0.3, 0.4) is 0 Å². The predicted octanol–water partition coefficient (Wildman–Crippen LogP) is 1.31. The molecule has 2 aromatic rings. The van der Waals surface area contributed by atoms with Gasteiger partial charge < -0.3 is 15.4 Å². The summed E-state index contributed by atoms with van der Waals surface area (Å²) in [6, 6.07) is 2.08. The second-order valence-corrected chi connectivity index (χ2v) is 7.62. The summed E-state index contributed by atoms with van der Waals surface area (Å²) in [6.07, 6.45) is 6.78. The molecule has 0 aromatic carbocycles. The van der Waals surface area contributed by atoms with Gasteiger partial charge in [0.2, 0.25) is 11.9 Å². The minimum Gasteiger partial charge on any atom is -0.376 e. The molecule has 156 valence electrons. The summed E-state index contributed by atoms with van der Waals surface area (Å²) in [5, 5.41) is 10.7. The predicted molar refractivity (Wildman–Crippen MR) is 108 cm³/mol. The Morgan fingerprint density at radius 1 is 1.31 bits per heavy atom. The molecular weight excluding hydrogens is 370 g/mol. The van der Waals surface area contributed by atoms with Crippen molar-refractivity contribution in [1.82, 2.24) is 30.0 Å². The van der Waals surface area contributed by atoms with Crippen LogP contribution in [0.4, 0.5) is 5.95 Å². The summed E-state index contributed by atoms with van der Waals surface area (Å²) < 4.78 is 7.65. The molecule has 2 aromatic heterocycles. The first-order valence-corrected chi connectivity index (χ1v) is 10.4. The van der Waals surface area contributed by atoms with Crippen LogP contribution in [0.1, 0.15) is 43.1 Å². The Labute approximate surface area is 170 Å². The number of rotatable bonds is 8. The molecule has 2 aliphatic heterocycles. The molecule has 1 saturated heterocycles. The third-order valence-electron chi connectivity index (χ3n) is 5.34. The molecule has 1 unspecified atom stereocenters. The molecule has 0 aliphatic carbocycles. The summed E-state index contributed by atoms with van der Waals surface area (Å²) in [7, 11) is 0. The highest BCUT2D eigenvalue weighted by Crippen LogP contribution is 2.17.